The second kappa shape index (κ2) is 6.37. The predicted molar refractivity (Wildman–Crippen MR) is 82.9 cm³/mol. The molecule has 21 heavy (non-hydrogen) atoms. The smallest absolute Gasteiger partial charge is 0.147 e. The standard InChI is InChI=1S/C15H18ClFN4/c1-8(2)14-9(3)19-13(20-15(14)21-18)6-10-4-5-11(17)7-12(10)16/h4-5,7-8H,6,18H2,1-3H3,(H,19,20,21). The average molecular weight is 309 g/mol. The maximum absolute atomic E-state index is 13.1. The number of nitrogens with one attached hydrogen (secondary N) is 1. The summed E-state index contributed by atoms with van der Waals surface area (Å²) in [4.78, 5) is 8.94. The van der Waals surface area contributed by atoms with Gasteiger partial charge < -0.3 is 5.43 Å². The lowest BCUT2D eigenvalue weighted by Crippen LogP contribution is -2.15. The number of hydrogen-bond donors (Lipinski definition) is 2. The topological polar surface area (TPSA) is 63.8 Å². The Hall–Kier alpha value is -1.72. The number of nitrogens with zero attached hydrogens (tertiary/aromatic N) is 2. The van der Waals surface area contributed by atoms with E-state index in [9.17, 15) is 4.39 Å². The first-order valence-corrected chi connectivity index (χ1v) is 7.08. The zero-order valence-corrected chi connectivity index (χ0v) is 13.0. The van der Waals surface area contributed by atoms with E-state index in [1.165, 1.54) is 12.1 Å². The molecule has 0 saturated carbocycles. The van der Waals surface area contributed by atoms with Gasteiger partial charge in [-0.05, 0) is 30.5 Å². The fourth-order valence-electron chi connectivity index (χ4n) is 2.36. The SMILES string of the molecule is Cc1nc(Cc2ccc(F)cc2Cl)nc(NN)c1C(C)C. The molecule has 0 aliphatic rings. The second-order valence-corrected chi connectivity index (χ2v) is 5.61. The minimum atomic E-state index is -0.361. The molecule has 2 aromatic rings. The van der Waals surface area contributed by atoms with Gasteiger partial charge in [0.25, 0.3) is 0 Å². The number of rotatable bonds is 4. The summed E-state index contributed by atoms with van der Waals surface area (Å²) >= 11 is 6.04. The normalized spacial score (nSPS) is 11.0. The van der Waals surface area contributed by atoms with Gasteiger partial charge in [-0.25, -0.2) is 20.2 Å². The molecule has 0 fully saturated rings. The summed E-state index contributed by atoms with van der Waals surface area (Å²) in [6.45, 7) is 6.04. The van der Waals surface area contributed by atoms with Gasteiger partial charge in [-0.15, -0.1) is 0 Å². The van der Waals surface area contributed by atoms with E-state index in [-0.39, 0.29) is 11.7 Å². The van der Waals surface area contributed by atoms with Crippen LogP contribution in [-0.2, 0) is 6.42 Å². The van der Waals surface area contributed by atoms with Crippen LogP contribution in [0.3, 0.4) is 0 Å². The molecule has 4 nitrogen and oxygen atoms in total. The molecule has 0 aliphatic carbocycles. The van der Waals surface area contributed by atoms with Crippen LogP contribution in [0.1, 0.15) is 42.4 Å². The van der Waals surface area contributed by atoms with Gasteiger partial charge in [0, 0.05) is 22.7 Å². The molecular weight excluding hydrogens is 291 g/mol. The van der Waals surface area contributed by atoms with Gasteiger partial charge in [-0.1, -0.05) is 31.5 Å². The average Bonchev–Trinajstić information content (AvgIpc) is 2.40. The Labute approximate surface area is 128 Å². The van der Waals surface area contributed by atoms with Crippen LogP contribution < -0.4 is 11.3 Å². The molecule has 0 radical (unpaired) electrons. The number of hydrazine groups is 1. The fourth-order valence-corrected chi connectivity index (χ4v) is 2.59. The largest absolute Gasteiger partial charge is 0.308 e. The monoisotopic (exact) mass is 308 g/mol. The van der Waals surface area contributed by atoms with Crippen molar-refractivity contribution in [3.05, 3.63) is 51.7 Å². The van der Waals surface area contributed by atoms with Crippen LogP contribution in [0.2, 0.25) is 5.02 Å². The summed E-state index contributed by atoms with van der Waals surface area (Å²) in [5.41, 5.74) is 5.27. The minimum Gasteiger partial charge on any atom is -0.308 e. The second-order valence-electron chi connectivity index (χ2n) is 5.20. The Morgan fingerprint density at radius 3 is 2.62 bits per heavy atom. The van der Waals surface area contributed by atoms with Crippen molar-refractivity contribution in [3.63, 3.8) is 0 Å². The first kappa shape index (κ1) is 15.7. The molecule has 3 N–H and O–H groups in total. The molecule has 0 unspecified atom stereocenters. The van der Waals surface area contributed by atoms with Crippen molar-refractivity contribution in [2.45, 2.75) is 33.1 Å². The van der Waals surface area contributed by atoms with E-state index in [0.717, 1.165) is 16.8 Å². The third-order valence-electron chi connectivity index (χ3n) is 3.26. The molecule has 2 rings (SSSR count). The lowest BCUT2D eigenvalue weighted by molar-refractivity contribution is 0.627. The minimum absolute atomic E-state index is 0.263. The number of benzene rings is 1. The quantitative estimate of drug-likeness (QED) is 0.669. The fraction of sp³-hybridized carbons (Fsp3) is 0.333. The maximum Gasteiger partial charge on any atom is 0.147 e. The summed E-state index contributed by atoms with van der Waals surface area (Å²) in [5, 5.41) is 0.367. The molecule has 0 atom stereocenters. The summed E-state index contributed by atoms with van der Waals surface area (Å²) in [5.74, 6) is 6.67. The molecule has 6 heteroatoms. The van der Waals surface area contributed by atoms with Crippen LogP contribution in [-0.4, -0.2) is 9.97 Å². The molecule has 112 valence electrons. The van der Waals surface area contributed by atoms with Crippen molar-refractivity contribution in [3.8, 4) is 0 Å². The summed E-state index contributed by atoms with van der Waals surface area (Å²) < 4.78 is 13.1. The molecule has 0 amide bonds. The van der Waals surface area contributed by atoms with Crippen molar-refractivity contribution >= 4 is 17.4 Å². The number of nitrogens with two attached hydrogens (primary N) is 1. The van der Waals surface area contributed by atoms with Crippen molar-refractivity contribution < 1.29 is 4.39 Å². The molecule has 0 aliphatic heterocycles. The van der Waals surface area contributed by atoms with Gasteiger partial charge in [0.1, 0.15) is 17.5 Å². The molecule has 0 spiro atoms. The van der Waals surface area contributed by atoms with Crippen LogP contribution >= 0.6 is 11.6 Å². The Kier molecular flexibility index (Phi) is 4.75. The highest BCUT2D eigenvalue weighted by atomic mass is 35.5. The van der Waals surface area contributed by atoms with E-state index in [2.05, 4.69) is 29.2 Å². The highest BCUT2D eigenvalue weighted by Crippen LogP contribution is 2.26. The van der Waals surface area contributed by atoms with E-state index in [1.807, 2.05) is 6.92 Å². The van der Waals surface area contributed by atoms with Gasteiger partial charge in [0.15, 0.2) is 0 Å². The highest BCUT2D eigenvalue weighted by molar-refractivity contribution is 6.31. The Morgan fingerprint density at radius 1 is 1.33 bits per heavy atom. The number of nitrogen functional groups attached to an aromatic ring is 1. The number of aryl methyl sites for hydroxylation is 1. The van der Waals surface area contributed by atoms with Crippen molar-refractivity contribution in [2.75, 3.05) is 5.43 Å². The lowest BCUT2D eigenvalue weighted by atomic mass is 10.0. The molecule has 1 aromatic carbocycles. The van der Waals surface area contributed by atoms with Gasteiger partial charge >= 0.3 is 0 Å². The van der Waals surface area contributed by atoms with Gasteiger partial charge in [-0.2, -0.15) is 0 Å². The van der Waals surface area contributed by atoms with Crippen molar-refractivity contribution in [2.24, 2.45) is 5.84 Å². The first-order valence-electron chi connectivity index (χ1n) is 6.70. The van der Waals surface area contributed by atoms with Crippen LogP contribution in [0, 0.1) is 12.7 Å². The third kappa shape index (κ3) is 3.49. The van der Waals surface area contributed by atoms with Gasteiger partial charge in [0.05, 0.1) is 0 Å². The molecule has 1 aromatic heterocycles. The molecule has 0 saturated heterocycles. The van der Waals surface area contributed by atoms with Gasteiger partial charge in [-0.3, -0.25) is 0 Å². The van der Waals surface area contributed by atoms with E-state index in [4.69, 9.17) is 17.4 Å². The number of halogens is 2. The van der Waals surface area contributed by atoms with Gasteiger partial charge in [0.2, 0.25) is 0 Å². The highest BCUT2D eigenvalue weighted by Gasteiger charge is 2.15. The van der Waals surface area contributed by atoms with Crippen LogP contribution in [0.25, 0.3) is 0 Å². The third-order valence-corrected chi connectivity index (χ3v) is 3.61. The first-order chi connectivity index (χ1) is 9.92. The number of hydrogen-bond acceptors (Lipinski definition) is 4. The number of aromatic nitrogens is 2. The Morgan fingerprint density at radius 2 is 2.05 bits per heavy atom. The predicted octanol–water partition coefficient (Wildman–Crippen LogP) is 3.58. The summed E-state index contributed by atoms with van der Waals surface area (Å²) in [6, 6.07) is 4.30. The molecule has 0 bridgehead atoms. The molecular formula is C15H18ClFN4. The van der Waals surface area contributed by atoms with E-state index in [0.29, 0.717) is 23.1 Å². The summed E-state index contributed by atoms with van der Waals surface area (Å²) in [6.07, 6.45) is 0.424. The lowest BCUT2D eigenvalue weighted by Gasteiger charge is -2.15. The zero-order valence-electron chi connectivity index (χ0n) is 12.2. The summed E-state index contributed by atoms with van der Waals surface area (Å²) in [7, 11) is 0. The van der Waals surface area contributed by atoms with E-state index in [1.54, 1.807) is 6.07 Å². The zero-order chi connectivity index (χ0) is 15.6. The van der Waals surface area contributed by atoms with Crippen molar-refractivity contribution in [1.29, 1.82) is 0 Å². The van der Waals surface area contributed by atoms with E-state index >= 15 is 0 Å². The maximum atomic E-state index is 13.1. The van der Waals surface area contributed by atoms with E-state index < -0.39 is 0 Å². The van der Waals surface area contributed by atoms with Crippen LogP contribution in [0.15, 0.2) is 18.2 Å². The van der Waals surface area contributed by atoms with Crippen LogP contribution in [0.4, 0.5) is 10.2 Å². The number of anilines is 1. The molecule has 1 heterocycles. The van der Waals surface area contributed by atoms with Crippen LogP contribution in [0.5, 0.6) is 0 Å². The Balaban J connectivity index is 2.39. The van der Waals surface area contributed by atoms with Crippen molar-refractivity contribution in [1.82, 2.24) is 9.97 Å². The Bertz CT molecular complexity index is 658.